The van der Waals surface area contributed by atoms with E-state index in [2.05, 4.69) is 15.3 Å². The number of rotatable bonds is 6. The van der Waals surface area contributed by atoms with Crippen molar-refractivity contribution >= 4 is 11.5 Å². The topological polar surface area (TPSA) is 82.3 Å². The molecule has 1 heterocycles. The van der Waals surface area contributed by atoms with Gasteiger partial charge < -0.3 is 20.5 Å². The van der Waals surface area contributed by atoms with E-state index < -0.39 is 0 Å². The number of nitrogens with zero attached hydrogens (tertiary/aromatic N) is 2. The summed E-state index contributed by atoms with van der Waals surface area (Å²) in [5.41, 5.74) is 6.48. The van der Waals surface area contributed by atoms with Crippen molar-refractivity contribution in [3.05, 3.63) is 5.82 Å². The molecule has 0 bridgehead atoms. The Morgan fingerprint density at radius 2 is 1.95 bits per heavy atom. The highest BCUT2D eigenvalue weighted by Crippen LogP contribution is 2.34. The van der Waals surface area contributed by atoms with Crippen LogP contribution in [0.25, 0.3) is 0 Å². The van der Waals surface area contributed by atoms with Crippen molar-refractivity contribution in [1.29, 1.82) is 0 Å². The summed E-state index contributed by atoms with van der Waals surface area (Å²) in [5, 5.41) is 3.19. The molecule has 1 aliphatic rings. The second-order valence-electron chi connectivity index (χ2n) is 5.11. The Kier molecular flexibility index (Phi) is 5.40. The minimum atomic E-state index is 0.418. The van der Waals surface area contributed by atoms with Crippen molar-refractivity contribution < 1.29 is 9.47 Å². The number of anilines is 2. The Hall–Kier alpha value is -1.56. The minimum absolute atomic E-state index is 0.418. The summed E-state index contributed by atoms with van der Waals surface area (Å²) in [6, 6.07) is 0. The first-order valence-corrected chi connectivity index (χ1v) is 7.20. The van der Waals surface area contributed by atoms with Gasteiger partial charge in [-0.05, 0) is 12.8 Å². The van der Waals surface area contributed by atoms with Crippen molar-refractivity contribution in [2.75, 3.05) is 38.4 Å². The molecule has 1 fully saturated rings. The van der Waals surface area contributed by atoms with E-state index >= 15 is 0 Å². The maximum absolute atomic E-state index is 6.02. The summed E-state index contributed by atoms with van der Waals surface area (Å²) in [6.45, 7) is 1.26. The number of aromatic nitrogens is 2. The lowest BCUT2D eigenvalue weighted by Gasteiger charge is -2.22. The van der Waals surface area contributed by atoms with Crippen LogP contribution in [0, 0.1) is 0 Å². The molecule has 0 radical (unpaired) electrons. The normalized spacial score (nSPS) is 16.1. The van der Waals surface area contributed by atoms with Crippen molar-refractivity contribution in [3.8, 4) is 5.88 Å². The van der Waals surface area contributed by atoms with Crippen molar-refractivity contribution in [2.45, 2.75) is 38.0 Å². The summed E-state index contributed by atoms with van der Waals surface area (Å²) in [5.74, 6) is 2.37. The van der Waals surface area contributed by atoms with Gasteiger partial charge in [0.2, 0.25) is 5.88 Å². The van der Waals surface area contributed by atoms with E-state index in [1.165, 1.54) is 19.3 Å². The van der Waals surface area contributed by atoms with Crippen LogP contribution < -0.4 is 15.8 Å². The summed E-state index contributed by atoms with van der Waals surface area (Å²) < 4.78 is 10.3. The first kappa shape index (κ1) is 14.8. The fourth-order valence-corrected chi connectivity index (χ4v) is 2.57. The van der Waals surface area contributed by atoms with Gasteiger partial charge in [0.25, 0.3) is 0 Å². The molecule has 0 saturated heterocycles. The third-order valence-electron chi connectivity index (χ3n) is 3.69. The maximum atomic E-state index is 6.02. The average molecular weight is 280 g/mol. The van der Waals surface area contributed by atoms with Gasteiger partial charge in [-0.1, -0.05) is 19.3 Å². The molecule has 1 aliphatic carbocycles. The molecule has 1 saturated carbocycles. The van der Waals surface area contributed by atoms with Crippen LogP contribution in [0.15, 0.2) is 0 Å². The maximum Gasteiger partial charge on any atom is 0.242 e. The van der Waals surface area contributed by atoms with Crippen LogP contribution in [0.2, 0.25) is 0 Å². The summed E-state index contributed by atoms with van der Waals surface area (Å²) in [7, 11) is 3.25. The molecule has 3 N–H and O–H groups in total. The number of methoxy groups -OCH3 is 2. The largest absolute Gasteiger partial charge is 0.479 e. The van der Waals surface area contributed by atoms with Crippen molar-refractivity contribution in [3.63, 3.8) is 0 Å². The van der Waals surface area contributed by atoms with Crippen LogP contribution in [-0.4, -0.2) is 37.3 Å². The number of nitrogens with two attached hydrogens (primary N) is 1. The number of hydrogen-bond donors (Lipinski definition) is 2. The van der Waals surface area contributed by atoms with Crippen LogP contribution in [-0.2, 0) is 4.74 Å². The Labute approximate surface area is 120 Å². The van der Waals surface area contributed by atoms with E-state index in [-0.39, 0.29) is 0 Å². The monoisotopic (exact) mass is 280 g/mol. The summed E-state index contributed by atoms with van der Waals surface area (Å²) in [6.07, 6.45) is 6.08. The fourth-order valence-electron chi connectivity index (χ4n) is 2.57. The summed E-state index contributed by atoms with van der Waals surface area (Å²) in [4.78, 5) is 9.07. The Bertz CT molecular complexity index is 433. The average Bonchev–Trinajstić information content (AvgIpc) is 2.50. The van der Waals surface area contributed by atoms with Crippen LogP contribution in [0.3, 0.4) is 0 Å². The third kappa shape index (κ3) is 3.50. The van der Waals surface area contributed by atoms with Gasteiger partial charge in [-0.25, -0.2) is 4.98 Å². The third-order valence-corrected chi connectivity index (χ3v) is 3.69. The highest BCUT2D eigenvalue weighted by molar-refractivity contribution is 5.67. The molecule has 112 valence electrons. The summed E-state index contributed by atoms with van der Waals surface area (Å²) >= 11 is 0. The predicted octanol–water partition coefficient (Wildman–Crippen LogP) is 2.17. The van der Waals surface area contributed by atoms with Gasteiger partial charge >= 0.3 is 0 Å². The molecule has 20 heavy (non-hydrogen) atoms. The van der Waals surface area contributed by atoms with E-state index in [1.54, 1.807) is 14.2 Å². The van der Waals surface area contributed by atoms with Crippen molar-refractivity contribution in [2.24, 2.45) is 0 Å². The van der Waals surface area contributed by atoms with Crippen LogP contribution in [0.5, 0.6) is 5.88 Å². The molecule has 0 spiro atoms. The molecule has 6 heteroatoms. The standard InChI is InChI=1S/C14H24N4O2/c1-19-9-8-16-13-11(15)14(20-2)18-12(17-13)10-6-4-3-5-7-10/h10H,3-9,15H2,1-2H3,(H,16,17,18). The zero-order valence-corrected chi connectivity index (χ0v) is 12.3. The number of ether oxygens (including phenoxy) is 2. The molecule has 0 aromatic carbocycles. The van der Waals surface area contributed by atoms with Gasteiger partial charge in [-0.3, -0.25) is 0 Å². The van der Waals surface area contributed by atoms with E-state index in [4.69, 9.17) is 15.2 Å². The van der Waals surface area contributed by atoms with E-state index in [9.17, 15) is 0 Å². The first-order chi connectivity index (χ1) is 9.76. The van der Waals surface area contributed by atoms with Gasteiger partial charge in [0.05, 0.1) is 13.7 Å². The van der Waals surface area contributed by atoms with E-state index in [1.807, 2.05) is 0 Å². The zero-order valence-electron chi connectivity index (χ0n) is 12.3. The van der Waals surface area contributed by atoms with E-state index in [0.717, 1.165) is 18.7 Å². The van der Waals surface area contributed by atoms with Crippen LogP contribution >= 0.6 is 0 Å². The highest BCUT2D eigenvalue weighted by atomic mass is 16.5. The van der Waals surface area contributed by atoms with Gasteiger partial charge in [-0.2, -0.15) is 4.98 Å². The van der Waals surface area contributed by atoms with Gasteiger partial charge in [0.15, 0.2) is 5.82 Å². The molecule has 6 nitrogen and oxygen atoms in total. The molecule has 1 aromatic rings. The fraction of sp³-hybridized carbons (Fsp3) is 0.714. The second-order valence-corrected chi connectivity index (χ2v) is 5.11. The molecule has 1 aromatic heterocycles. The van der Waals surface area contributed by atoms with Crippen LogP contribution in [0.4, 0.5) is 11.5 Å². The lowest BCUT2D eigenvalue weighted by atomic mass is 9.88. The predicted molar refractivity (Wildman–Crippen MR) is 79.2 cm³/mol. The van der Waals surface area contributed by atoms with Gasteiger partial charge in [-0.15, -0.1) is 0 Å². The minimum Gasteiger partial charge on any atom is -0.479 e. The first-order valence-electron chi connectivity index (χ1n) is 7.20. The smallest absolute Gasteiger partial charge is 0.242 e. The van der Waals surface area contributed by atoms with Crippen LogP contribution in [0.1, 0.15) is 43.8 Å². The molecule has 0 aliphatic heterocycles. The Morgan fingerprint density at radius 3 is 2.60 bits per heavy atom. The highest BCUT2D eigenvalue weighted by Gasteiger charge is 2.21. The van der Waals surface area contributed by atoms with E-state index in [0.29, 0.717) is 36.5 Å². The lowest BCUT2D eigenvalue weighted by molar-refractivity contribution is 0.210. The second kappa shape index (κ2) is 7.28. The van der Waals surface area contributed by atoms with Gasteiger partial charge in [0, 0.05) is 19.6 Å². The SMILES string of the molecule is COCCNc1nc(C2CCCCC2)nc(OC)c1N. The molecule has 0 amide bonds. The number of nitrogens with one attached hydrogen (secondary N) is 1. The Balaban J connectivity index is 2.20. The number of nitrogen functional groups attached to an aromatic ring is 1. The van der Waals surface area contributed by atoms with Crippen molar-refractivity contribution in [1.82, 2.24) is 9.97 Å². The molecular formula is C14H24N4O2. The molecular weight excluding hydrogens is 256 g/mol. The quantitative estimate of drug-likeness (QED) is 0.777. The molecule has 0 atom stereocenters. The van der Waals surface area contributed by atoms with Gasteiger partial charge in [0.1, 0.15) is 11.5 Å². The zero-order chi connectivity index (χ0) is 14.4. The number of hydrogen-bond acceptors (Lipinski definition) is 6. The molecule has 2 rings (SSSR count). The molecule has 0 unspecified atom stereocenters. The Morgan fingerprint density at radius 1 is 1.20 bits per heavy atom. The lowest BCUT2D eigenvalue weighted by Crippen LogP contribution is -2.16.